The van der Waals surface area contributed by atoms with Gasteiger partial charge in [-0.25, -0.2) is 0 Å². The number of hydrogen-bond acceptors (Lipinski definition) is 2. The van der Waals surface area contributed by atoms with Crippen LogP contribution >= 0.6 is 0 Å². The van der Waals surface area contributed by atoms with E-state index in [9.17, 15) is 0 Å². The Labute approximate surface area is 67.2 Å². The van der Waals surface area contributed by atoms with Crippen molar-refractivity contribution in [2.75, 3.05) is 0 Å². The molecule has 0 aliphatic rings. The van der Waals surface area contributed by atoms with Crippen LogP contribution in [0.5, 0.6) is 0 Å². The summed E-state index contributed by atoms with van der Waals surface area (Å²) in [7, 11) is 0. The van der Waals surface area contributed by atoms with E-state index in [0.29, 0.717) is 0 Å². The third kappa shape index (κ3) is 2.03. The van der Waals surface area contributed by atoms with Crippen LogP contribution in [-0.2, 0) is 0 Å². The number of rotatable bonds is 2. The molecule has 4 N–H and O–H groups in total. The summed E-state index contributed by atoms with van der Waals surface area (Å²) in [5.74, 6) is 0. The number of nitrogens with two attached hydrogens (primary N) is 2. The number of benzene rings is 1. The molecule has 11 heavy (non-hydrogen) atoms. The van der Waals surface area contributed by atoms with Gasteiger partial charge < -0.3 is 11.5 Å². The molecule has 0 saturated heterocycles. The summed E-state index contributed by atoms with van der Waals surface area (Å²) >= 11 is 0. The molecule has 1 aromatic carbocycles. The van der Waals surface area contributed by atoms with E-state index in [0.717, 1.165) is 5.56 Å². The smallest absolute Gasteiger partial charge is 0.0445 e. The highest BCUT2D eigenvalue weighted by Crippen LogP contribution is 2.11. The predicted octanol–water partition coefficient (Wildman–Crippen LogP) is 1.03. The van der Waals surface area contributed by atoms with Crippen LogP contribution < -0.4 is 11.5 Å². The number of hydrogen-bond donors (Lipinski definition) is 2. The van der Waals surface area contributed by atoms with E-state index in [-0.39, 0.29) is 12.1 Å². The van der Waals surface area contributed by atoms with Gasteiger partial charge in [0.25, 0.3) is 0 Å². The average molecular weight is 150 g/mol. The van der Waals surface area contributed by atoms with Crippen LogP contribution in [0.1, 0.15) is 18.5 Å². The predicted molar refractivity (Wildman–Crippen MR) is 47.0 cm³/mol. The SMILES string of the molecule is CC(N)C(N)c1ccccc1. The zero-order chi connectivity index (χ0) is 8.27. The van der Waals surface area contributed by atoms with Gasteiger partial charge in [-0.2, -0.15) is 0 Å². The minimum atomic E-state index is -0.0452. The summed E-state index contributed by atoms with van der Waals surface area (Å²) in [6, 6.07) is 9.86. The maximum atomic E-state index is 5.81. The molecule has 0 heterocycles. The summed E-state index contributed by atoms with van der Waals surface area (Å²) < 4.78 is 0. The van der Waals surface area contributed by atoms with E-state index in [1.807, 2.05) is 37.3 Å². The zero-order valence-electron chi connectivity index (χ0n) is 6.70. The zero-order valence-corrected chi connectivity index (χ0v) is 6.70. The summed E-state index contributed by atoms with van der Waals surface area (Å²) in [5, 5.41) is 0. The molecule has 0 spiro atoms. The van der Waals surface area contributed by atoms with E-state index in [1.165, 1.54) is 0 Å². The fourth-order valence-electron chi connectivity index (χ4n) is 0.979. The van der Waals surface area contributed by atoms with Crippen LogP contribution in [0.15, 0.2) is 30.3 Å². The Hall–Kier alpha value is -0.860. The van der Waals surface area contributed by atoms with Crippen molar-refractivity contribution in [3.63, 3.8) is 0 Å². The van der Waals surface area contributed by atoms with Gasteiger partial charge in [0.15, 0.2) is 0 Å². The Bertz CT molecular complexity index is 206. The molecule has 0 aliphatic heterocycles. The van der Waals surface area contributed by atoms with Crippen molar-refractivity contribution < 1.29 is 0 Å². The molecule has 0 saturated carbocycles. The Morgan fingerprint density at radius 3 is 2.09 bits per heavy atom. The molecule has 0 aliphatic carbocycles. The monoisotopic (exact) mass is 150 g/mol. The summed E-state index contributed by atoms with van der Waals surface area (Å²) in [6.45, 7) is 1.91. The molecule has 0 amide bonds. The molecular weight excluding hydrogens is 136 g/mol. The molecule has 60 valence electrons. The second-order valence-corrected chi connectivity index (χ2v) is 2.80. The first kappa shape index (κ1) is 8.24. The van der Waals surface area contributed by atoms with Crippen LogP contribution in [0.3, 0.4) is 0 Å². The normalized spacial score (nSPS) is 15.9. The molecule has 2 nitrogen and oxygen atoms in total. The van der Waals surface area contributed by atoms with Gasteiger partial charge in [-0.15, -0.1) is 0 Å². The lowest BCUT2D eigenvalue weighted by atomic mass is 10.0. The lowest BCUT2D eigenvalue weighted by Crippen LogP contribution is -2.30. The van der Waals surface area contributed by atoms with Gasteiger partial charge >= 0.3 is 0 Å². The van der Waals surface area contributed by atoms with Crippen LogP contribution in [0.2, 0.25) is 0 Å². The first-order chi connectivity index (χ1) is 5.22. The Balaban J connectivity index is 2.77. The second kappa shape index (κ2) is 3.51. The highest BCUT2D eigenvalue weighted by Gasteiger charge is 2.08. The van der Waals surface area contributed by atoms with Gasteiger partial charge in [-0.1, -0.05) is 30.3 Å². The van der Waals surface area contributed by atoms with Crippen LogP contribution in [0, 0.1) is 0 Å². The fraction of sp³-hybridized carbons (Fsp3) is 0.333. The molecule has 0 bridgehead atoms. The molecule has 2 heteroatoms. The molecule has 2 atom stereocenters. The third-order valence-corrected chi connectivity index (χ3v) is 1.75. The minimum absolute atomic E-state index is 0.0115. The van der Waals surface area contributed by atoms with Gasteiger partial charge in [0.2, 0.25) is 0 Å². The molecule has 0 radical (unpaired) electrons. The highest BCUT2D eigenvalue weighted by atomic mass is 14.8. The first-order valence-electron chi connectivity index (χ1n) is 3.78. The quantitative estimate of drug-likeness (QED) is 0.661. The van der Waals surface area contributed by atoms with Crippen molar-refractivity contribution in [3.8, 4) is 0 Å². The Morgan fingerprint density at radius 1 is 1.09 bits per heavy atom. The van der Waals surface area contributed by atoms with Gasteiger partial charge in [0.05, 0.1) is 0 Å². The topological polar surface area (TPSA) is 52.0 Å². The molecule has 1 aromatic rings. The van der Waals surface area contributed by atoms with Gasteiger partial charge in [-0.3, -0.25) is 0 Å². The van der Waals surface area contributed by atoms with Crippen molar-refractivity contribution >= 4 is 0 Å². The summed E-state index contributed by atoms with van der Waals surface area (Å²) in [6.07, 6.45) is 0. The van der Waals surface area contributed by atoms with E-state index in [4.69, 9.17) is 11.5 Å². The Kier molecular flexibility index (Phi) is 2.63. The lowest BCUT2D eigenvalue weighted by Gasteiger charge is -2.15. The van der Waals surface area contributed by atoms with E-state index in [1.54, 1.807) is 0 Å². The maximum Gasteiger partial charge on any atom is 0.0445 e. The fourth-order valence-corrected chi connectivity index (χ4v) is 0.979. The van der Waals surface area contributed by atoms with Crippen molar-refractivity contribution in [3.05, 3.63) is 35.9 Å². The molecule has 2 unspecified atom stereocenters. The van der Waals surface area contributed by atoms with Crippen LogP contribution in [-0.4, -0.2) is 6.04 Å². The third-order valence-electron chi connectivity index (χ3n) is 1.75. The van der Waals surface area contributed by atoms with E-state index >= 15 is 0 Å². The standard InChI is InChI=1S/C9H14N2/c1-7(10)9(11)8-5-3-2-4-6-8/h2-7,9H,10-11H2,1H3. The summed E-state index contributed by atoms with van der Waals surface area (Å²) in [4.78, 5) is 0. The van der Waals surface area contributed by atoms with E-state index < -0.39 is 0 Å². The van der Waals surface area contributed by atoms with Crippen LogP contribution in [0.25, 0.3) is 0 Å². The summed E-state index contributed by atoms with van der Waals surface area (Å²) in [5.41, 5.74) is 12.6. The highest BCUT2D eigenvalue weighted by molar-refractivity contribution is 5.19. The maximum absolute atomic E-state index is 5.81. The van der Waals surface area contributed by atoms with Crippen molar-refractivity contribution in [2.24, 2.45) is 11.5 Å². The molecular formula is C9H14N2. The van der Waals surface area contributed by atoms with Gasteiger partial charge in [0.1, 0.15) is 0 Å². The molecule has 0 aromatic heterocycles. The van der Waals surface area contributed by atoms with Crippen LogP contribution in [0.4, 0.5) is 0 Å². The Morgan fingerprint density at radius 2 is 1.64 bits per heavy atom. The molecule has 0 fully saturated rings. The van der Waals surface area contributed by atoms with Crippen molar-refractivity contribution in [1.29, 1.82) is 0 Å². The van der Waals surface area contributed by atoms with Crippen molar-refractivity contribution in [1.82, 2.24) is 0 Å². The largest absolute Gasteiger partial charge is 0.326 e. The molecule has 1 rings (SSSR count). The lowest BCUT2D eigenvalue weighted by molar-refractivity contribution is 0.589. The first-order valence-corrected chi connectivity index (χ1v) is 3.78. The minimum Gasteiger partial charge on any atom is -0.326 e. The van der Waals surface area contributed by atoms with Crippen molar-refractivity contribution in [2.45, 2.75) is 19.0 Å². The average Bonchev–Trinajstić information content (AvgIpc) is 2.05. The van der Waals surface area contributed by atoms with Gasteiger partial charge in [0, 0.05) is 12.1 Å². The van der Waals surface area contributed by atoms with E-state index in [2.05, 4.69) is 0 Å². The van der Waals surface area contributed by atoms with Gasteiger partial charge in [-0.05, 0) is 12.5 Å². The second-order valence-electron chi connectivity index (χ2n) is 2.80.